The molecule has 1 saturated heterocycles. The molecular formula is C29H32N4O3. The molecule has 5 rings (SSSR count). The van der Waals surface area contributed by atoms with E-state index in [2.05, 4.69) is 29.2 Å². The highest BCUT2D eigenvalue weighted by molar-refractivity contribution is 5.87. The van der Waals surface area contributed by atoms with Crippen molar-refractivity contribution in [3.05, 3.63) is 83.7 Å². The molecule has 1 aliphatic heterocycles. The van der Waals surface area contributed by atoms with Crippen LogP contribution in [0.5, 0.6) is 11.6 Å². The molecule has 1 aliphatic rings. The Morgan fingerprint density at radius 3 is 2.58 bits per heavy atom. The zero-order valence-corrected chi connectivity index (χ0v) is 20.9. The van der Waals surface area contributed by atoms with E-state index in [0.29, 0.717) is 31.2 Å². The Bertz CT molecular complexity index is 1320. The van der Waals surface area contributed by atoms with Crippen LogP contribution in [0.1, 0.15) is 42.0 Å². The molecule has 2 aromatic heterocycles. The smallest absolute Gasteiger partial charge is 0.224 e. The molecule has 1 atom stereocenters. The predicted octanol–water partition coefficient (Wildman–Crippen LogP) is 4.84. The molecule has 0 aliphatic carbocycles. The molecule has 1 fully saturated rings. The molecular weight excluding hydrogens is 452 g/mol. The Balaban J connectivity index is 1.33. The standard InChI is InChI=1S/C29H32N4O3/c1-35-24-12-10-21(11-13-24)19-33-26-16-17-30-29(36-2)28(26)25(31-33)14-15-27(34)32-18-6-9-23(20-32)22-7-4-3-5-8-22/h3-5,7-8,10-13,16-17,23H,6,9,14-15,18-20H2,1-2H3/t23-/m0/s1. The average molecular weight is 485 g/mol. The number of methoxy groups -OCH3 is 2. The van der Waals surface area contributed by atoms with Crippen LogP contribution in [0.4, 0.5) is 0 Å². The van der Waals surface area contributed by atoms with Crippen LogP contribution >= 0.6 is 0 Å². The van der Waals surface area contributed by atoms with Gasteiger partial charge in [-0.1, -0.05) is 42.5 Å². The molecule has 186 valence electrons. The lowest BCUT2D eigenvalue weighted by Crippen LogP contribution is -2.39. The topological polar surface area (TPSA) is 69.5 Å². The largest absolute Gasteiger partial charge is 0.497 e. The summed E-state index contributed by atoms with van der Waals surface area (Å²) in [6, 6.07) is 20.4. The van der Waals surface area contributed by atoms with E-state index >= 15 is 0 Å². The van der Waals surface area contributed by atoms with Crippen LogP contribution in [0.15, 0.2) is 66.9 Å². The van der Waals surface area contributed by atoms with Gasteiger partial charge in [-0.2, -0.15) is 5.10 Å². The maximum atomic E-state index is 13.2. The number of hydrogen-bond acceptors (Lipinski definition) is 5. The summed E-state index contributed by atoms with van der Waals surface area (Å²) in [5.74, 6) is 1.94. The van der Waals surface area contributed by atoms with Gasteiger partial charge in [-0.3, -0.25) is 9.48 Å². The first kappa shape index (κ1) is 23.9. The van der Waals surface area contributed by atoms with Crippen LogP contribution in [-0.2, 0) is 17.8 Å². The summed E-state index contributed by atoms with van der Waals surface area (Å²) in [6.07, 6.45) is 4.84. The van der Waals surface area contributed by atoms with Crippen molar-refractivity contribution in [2.24, 2.45) is 0 Å². The van der Waals surface area contributed by atoms with E-state index in [0.717, 1.165) is 53.8 Å². The van der Waals surface area contributed by atoms with Crippen molar-refractivity contribution in [1.29, 1.82) is 0 Å². The minimum Gasteiger partial charge on any atom is -0.497 e. The van der Waals surface area contributed by atoms with Gasteiger partial charge < -0.3 is 14.4 Å². The third-order valence-electron chi connectivity index (χ3n) is 7.01. The summed E-state index contributed by atoms with van der Waals surface area (Å²) < 4.78 is 12.8. The molecule has 0 N–H and O–H groups in total. The number of pyridine rings is 1. The highest BCUT2D eigenvalue weighted by atomic mass is 16.5. The van der Waals surface area contributed by atoms with E-state index in [-0.39, 0.29) is 5.91 Å². The number of piperidine rings is 1. The number of hydrogen-bond donors (Lipinski definition) is 0. The molecule has 1 amide bonds. The maximum Gasteiger partial charge on any atom is 0.224 e. The zero-order valence-electron chi connectivity index (χ0n) is 20.9. The van der Waals surface area contributed by atoms with Crippen molar-refractivity contribution in [3.63, 3.8) is 0 Å². The summed E-state index contributed by atoms with van der Waals surface area (Å²) in [5, 5.41) is 5.79. The second kappa shape index (κ2) is 10.8. The zero-order chi connectivity index (χ0) is 24.9. The van der Waals surface area contributed by atoms with E-state index in [1.54, 1.807) is 20.4 Å². The number of carbonyl (C=O) groups excluding carboxylic acids is 1. The fourth-order valence-corrected chi connectivity index (χ4v) is 5.11. The summed E-state index contributed by atoms with van der Waals surface area (Å²) in [6.45, 7) is 2.20. The Labute approximate surface area is 211 Å². The van der Waals surface area contributed by atoms with Gasteiger partial charge in [0.25, 0.3) is 0 Å². The van der Waals surface area contributed by atoms with Gasteiger partial charge >= 0.3 is 0 Å². The number of likely N-dealkylation sites (tertiary alicyclic amines) is 1. The maximum absolute atomic E-state index is 13.2. The highest BCUT2D eigenvalue weighted by Crippen LogP contribution is 2.30. The van der Waals surface area contributed by atoms with Gasteiger partial charge in [0, 0.05) is 38.0 Å². The number of aryl methyl sites for hydroxylation is 1. The molecule has 0 bridgehead atoms. The lowest BCUT2D eigenvalue weighted by Gasteiger charge is -2.33. The van der Waals surface area contributed by atoms with Crippen molar-refractivity contribution in [2.45, 2.75) is 38.1 Å². The predicted molar refractivity (Wildman–Crippen MR) is 139 cm³/mol. The highest BCUT2D eigenvalue weighted by Gasteiger charge is 2.25. The Morgan fingerprint density at radius 2 is 1.83 bits per heavy atom. The average Bonchev–Trinajstić information content (AvgIpc) is 3.30. The Hall–Kier alpha value is -3.87. The van der Waals surface area contributed by atoms with Gasteiger partial charge in [0.15, 0.2) is 0 Å². The van der Waals surface area contributed by atoms with Crippen LogP contribution in [0, 0.1) is 0 Å². The number of rotatable bonds is 8. The monoisotopic (exact) mass is 484 g/mol. The van der Waals surface area contributed by atoms with Gasteiger partial charge in [-0.15, -0.1) is 0 Å². The Kier molecular flexibility index (Phi) is 7.16. The normalized spacial score (nSPS) is 15.7. The van der Waals surface area contributed by atoms with Gasteiger partial charge in [-0.25, -0.2) is 4.98 Å². The first-order chi connectivity index (χ1) is 17.7. The van der Waals surface area contributed by atoms with Crippen LogP contribution < -0.4 is 9.47 Å². The quantitative estimate of drug-likeness (QED) is 0.358. The van der Waals surface area contributed by atoms with E-state index in [9.17, 15) is 4.79 Å². The van der Waals surface area contributed by atoms with Crippen molar-refractivity contribution in [3.8, 4) is 11.6 Å². The molecule has 2 aromatic carbocycles. The van der Waals surface area contributed by atoms with Crippen molar-refractivity contribution >= 4 is 16.8 Å². The number of nitrogens with zero attached hydrogens (tertiary/aromatic N) is 4. The lowest BCUT2D eigenvalue weighted by molar-refractivity contribution is -0.132. The molecule has 0 spiro atoms. The number of fused-ring (bicyclic) bond motifs is 1. The first-order valence-electron chi connectivity index (χ1n) is 12.5. The number of ether oxygens (including phenoxy) is 2. The first-order valence-corrected chi connectivity index (χ1v) is 12.5. The van der Waals surface area contributed by atoms with Crippen LogP contribution in [0.2, 0.25) is 0 Å². The lowest BCUT2D eigenvalue weighted by atomic mass is 9.90. The van der Waals surface area contributed by atoms with Gasteiger partial charge in [0.2, 0.25) is 11.8 Å². The number of aromatic nitrogens is 3. The second-order valence-electron chi connectivity index (χ2n) is 9.26. The molecule has 0 unspecified atom stereocenters. The van der Waals surface area contributed by atoms with E-state index in [1.807, 2.05) is 46.0 Å². The summed E-state index contributed by atoms with van der Waals surface area (Å²) >= 11 is 0. The fraction of sp³-hybridized carbons (Fsp3) is 0.345. The fourth-order valence-electron chi connectivity index (χ4n) is 5.11. The van der Waals surface area contributed by atoms with Gasteiger partial charge in [0.1, 0.15) is 5.75 Å². The minimum atomic E-state index is 0.177. The number of benzene rings is 2. The van der Waals surface area contributed by atoms with Crippen molar-refractivity contribution in [1.82, 2.24) is 19.7 Å². The van der Waals surface area contributed by atoms with Gasteiger partial charge in [0.05, 0.1) is 37.4 Å². The summed E-state index contributed by atoms with van der Waals surface area (Å²) in [5.41, 5.74) is 4.21. The van der Waals surface area contributed by atoms with E-state index in [1.165, 1.54) is 5.56 Å². The summed E-state index contributed by atoms with van der Waals surface area (Å²) in [4.78, 5) is 19.7. The second-order valence-corrected chi connectivity index (χ2v) is 9.26. The molecule has 7 nitrogen and oxygen atoms in total. The molecule has 36 heavy (non-hydrogen) atoms. The molecule has 3 heterocycles. The minimum absolute atomic E-state index is 0.177. The molecule has 0 radical (unpaired) electrons. The summed E-state index contributed by atoms with van der Waals surface area (Å²) in [7, 11) is 3.28. The number of carbonyl (C=O) groups is 1. The molecule has 4 aromatic rings. The SMILES string of the molecule is COc1ccc(Cn2nc(CCC(=O)N3CCC[C@H](c4ccccc4)C3)c3c(OC)nccc32)cc1. The third kappa shape index (κ3) is 5.05. The van der Waals surface area contributed by atoms with Gasteiger partial charge in [-0.05, 0) is 42.2 Å². The van der Waals surface area contributed by atoms with Crippen molar-refractivity contribution < 1.29 is 14.3 Å². The number of amides is 1. The molecule has 0 saturated carbocycles. The van der Waals surface area contributed by atoms with Crippen LogP contribution in [-0.4, -0.2) is 52.9 Å². The third-order valence-corrected chi connectivity index (χ3v) is 7.01. The van der Waals surface area contributed by atoms with E-state index < -0.39 is 0 Å². The van der Waals surface area contributed by atoms with Crippen molar-refractivity contribution in [2.75, 3.05) is 27.3 Å². The Morgan fingerprint density at radius 1 is 1.03 bits per heavy atom. The van der Waals surface area contributed by atoms with Crippen LogP contribution in [0.25, 0.3) is 10.9 Å². The van der Waals surface area contributed by atoms with E-state index in [4.69, 9.17) is 14.6 Å². The molecule has 7 heteroatoms. The van der Waals surface area contributed by atoms with Crippen LogP contribution in [0.3, 0.4) is 0 Å².